The molecule has 3 aromatic rings. The van der Waals surface area contributed by atoms with E-state index in [4.69, 9.17) is 5.41 Å². The fourth-order valence-electron chi connectivity index (χ4n) is 2.57. The number of aryl methyl sites for hydroxylation is 1. The van der Waals surface area contributed by atoms with Crippen LogP contribution in [0.15, 0.2) is 65.1 Å². The molecule has 0 aliphatic rings. The first kappa shape index (κ1) is 15.6. The van der Waals surface area contributed by atoms with E-state index in [0.717, 1.165) is 33.0 Å². The molecule has 116 valence electrons. The van der Waals surface area contributed by atoms with Crippen LogP contribution in [0.2, 0.25) is 0 Å². The lowest BCUT2D eigenvalue weighted by Gasteiger charge is -2.13. The first-order valence-electron chi connectivity index (χ1n) is 7.56. The van der Waals surface area contributed by atoms with Crippen molar-refractivity contribution in [3.63, 3.8) is 0 Å². The summed E-state index contributed by atoms with van der Waals surface area (Å²) in [5, 5.41) is 16.7. The average Bonchev–Trinajstić information content (AvgIpc) is 2.57. The zero-order chi connectivity index (χ0) is 16.2. The molecule has 0 aliphatic heterocycles. The molecule has 3 N–H and O–H groups in total. The Labute approximate surface area is 144 Å². The van der Waals surface area contributed by atoms with E-state index in [0.29, 0.717) is 0 Å². The zero-order valence-electron chi connectivity index (χ0n) is 12.9. The van der Waals surface area contributed by atoms with E-state index in [2.05, 4.69) is 57.8 Å². The molecule has 0 radical (unpaired) electrons. The Hall–Kier alpha value is -2.33. The minimum Gasteiger partial charge on any atom is -0.326 e. The normalized spacial score (nSPS) is 10.5. The lowest BCUT2D eigenvalue weighted by atomic mass is 10.1. The summed E-state index contributed by atoms with van der Waals surface area (Å²) in [7, 11) is 0. The topological polar surface area (TPSA) is 47.9 Å². The predicted octanol–water partition coefficient (Wildman–Crippen LogP) is 5.62. The van der Waals surface area contributed by atoms with Gasteiger partial charge < -0.3 is 10.6 Å². The van der Waals surface area contributed by atoms with Gasteiger partial charge in [-0.15, -0.1) is 0 Å². The fourth-order valence-corrected chi connectivity index (χ4v) is 3.10. The van der Waals surface area contributed by atoms with Gasteiger partial charge >= 0.3 is 0 Å². The highest BCUT2D eigenvalue weighted by Gasteiger charge is 2.05. The lowest BCUT2D eigenvalue weighted by Crippen LogP contribution is -2.20. The molecule has 0 aromatic heterocycles. The summed E-state index contributed by atoms with van der Waals surface area (Å²) in [6.45, 7) is 2.11. The zero-order valence-corrected chi connectivity index (χ0v) is 14.4. The SMILES string of the molecule is CCc1cc(NC(=N)Nc2cccc3ccccc23)ccc1Br. The van der Waals surface area contributed by atoms with Crippen LogP contribution in [-0.4, -0.2) is 5.96 Å². The number of nitrogens with one attached hydrogen (secondary N) is 3. The van der Waals surface area contributed by atoms with Gasteiger partial charge in [-0.25, -0.2) is 0 Å². The second-order valence-corrected chi connectivity index (χ2v) is 6.17. The summed E-state index contributed by atoms with van der Waals surface area (Å²) >= 11 is 3.54. The van der Waals surface area contributed by atoms with E-state index >= 15 is 0 Å². The van der Waals surface area contributed by atoms with Gasteiger partial charge in [-0.2, -0.15) is 0 Å². The third-order valence-electron chi connectivity index (χ3n) is 3.75. The van der Waals surface area contributed by atoms with Crippen LogP contribution in [0.1, 0.15) is 12.5 Å². The Morgan fingerprint density at radius 3 is 2.61 bits per heavy atom. The van der Waals surface area contributed by atoms with E-state index in [-0.39, 0.29) is 5.96 Å². The van der Waals surface area contributed by atoms with Crippen LogP contribution < -0.4 is 10.6 Å². The molecule has 0 spiro atoms. The van der Waals surface area contributed by atoms with Gasteiger partial charge in [0.1, 0.15) is 0 Å². The third kappa shape index (κ3) is 3.54. The molecule has 0 unspecified atom stereocenters. The Morgan fingerprint density at radius 2 is 1.78 bits per heavy atom. The van der Waals surface area contributed by atoms with Crippen molar-refractivity contribution in [1.82, 2.24) is 0 Å². The van der Waals surface area contributed by atoms with Crippen LogP contribution in [0.5, 0.6) is 0 Å². The molecule has 0 atom stereocenters. The van der Waals surface area contributed by atoms with Crippen molar-refractivity contribution < 1.29 is 0 Å². The Balaban J connectivity index is 1.79. The molecule has 0 bridgehead atoms. The molecule has 4 heteroatoms. The van der Waals surface area contributed by atoms with Gasteiger partial charge in [0, 0.05) is 21.2 Å². The Kier molecular flexibility index (Phi) is 4.63. The fraction of sp³-hybridized carbons (Fsp3) is 0.105. The molecule has 23 heavy (non-hydrogen) atoms. The van der Waals surface area contributed by atoms with Gasteiger partial charge in [0.2, 0.25) is 0 Å². The molecule has 3 nitrogen and oxygen atoms in total. The van der Waals surface area contributed by atoms with Gasteiger partial charge in [0.05, 0.1) is 0 Å². The number of hydrogen-bond acceptors (Lipinski definition) is 1. The molecular weight excluding hydrogens is 350 g/mol. The minimum atomic E-state index is 0.255. The van der Waals surface area contributed by atoms with Crippen LogP contribution in [0.4, 0.5) is 11.4 Å². The summed E-state index contributed by atoms with van der Waals surface area (Å²) < 4.78 is 1.10. The van der Waals surface area contributed by atoms with Crippen LogP contribution in [0.3, 0.4) is 0 Å². The summed E-state index contributed by atoms with van der Waals surface area (Å²) in [5.41, 5.74) is 3.05. The van der Waals surface area contributed by atoms with Crippen molar-refractivity contribution >= 4 is 44.0 Å². The second-order valence-electron chi connectivity index (χ2n) is 5.31. The maximum Gasteiger partial charge on any atom is 0.197 e. The van der Waals surface area contributed by atoms with Gasteiger partial charge in [0.25, 0.3) is 0 Å². The quantitative estimate of drug-likeness (QED) is 0.415. The lowest BCUT2D eigenvalue weighted by molar-refractivity contribution is 1.13. The minimum absolute atomic E-state index is 0.255. The number of guanidine groups is 1. The van der Waals surface area contributed by atoms with Crippen molar-refractivity contribution in [2.45, 2.75) is 13.3 Å². The molecule has 0 heterocycles. The van der Waals surface area contributed by atoms with Crippen LogP contribution in [-0.2, 0) is 6.42 Å². The molecule has 0 saturated carbocycles. The number of rotatable bonds is 3. The number of fused-ring (bicyclic) bond motifs is 1. The molecule has 0 aliphatic carbocycles. The smallest absolute Gasteiger partial charge is 0.197 e. The van der Waals surface area contributed by atoms with Crippen molar-refractivity contribution in [3.8, 4) is 0 Å². The Morgan fingerprint density at radius 1 is 1.00 bits per heavy atom. The summed E-state index contributed by atoms with van der Waals surface area (Å²) in [6, 6.07) is 20.2. The molecule has 0 amide bonds. The van der Waals surface area contributed by atoms with E-state index < -0.39 is 0 Å². The molecule has 0 saturated heterocycles. The first-order chi connectivity index (χ1) is 11.2. The monoisotopic (exact) mass is 367 g/mol. The standard InChI is InChI=1S/C19H18BrN3/c1-2-13-12-15(10-11-17(13)20)22-19(21)23-18-9-5-7-14-6-3-4-8-16(14)18/h3-12H,2H2,1H3,(H3,21,22,23). The number of anilines is 2. The van der Waals surface area contributed by atoms with E-state index in [1.807, 2.05) is 36.4 Å². The predicted molar refractivity (Wildman–Crippen MR) is 102 cm³/mol. The van der Waals surface area contributed by atoms with Gasteiger partial charge in [0.15, 0.2) is 5.96 Å². The number of benzene rings is 3. The Bertz CT molecular complexity index is 853. The molecule has 3 aromatic carbocycles. The van der Waals surface area contributed by atoms with E-state index in [9.17, 15) is 0 Å². The van der Waals surface area contributed by atoms with E-state index in [1.54, 1.807) is 0 Å². The van der Waals surface area contributed by atoms with E-state index in [1.165, 1.54) is 5.56 Å². The second kappa shape index (κ2) is 6.84. The highest BCUT2D eigenvalue weighted by Crippen LogP contribution is 2.24. The summed E-state index contributed by atoms with van der Waals surface area (Å²) in [6.07, 6.45) is 0.945. The average molecular weight is 368 g/mol. The van der Waals surface area contributed by atoms with Crippen molar-refractivity contribution in [2.75, 3.05) is 10.6 Å². The highest BCUT2D eigenvalue weighted by atomic mass is 79.9. The van der Waals surface area contributed by atoms with Crippen molar-refractivity contribution in [2.24, 2.45) is 0 Å². The van der Waals surface area contributed by atoms with Gasteiger partial charge in [-0.1, -0.05) is 59.3 Å². The molecular formula is C19H18BrN3. The summed E-state index contributed by atoms with van der Waals surface area (Å²) in [5.74, 6) is 0.255. The maximum absolute atomic E-state index is 8.19. The van der Waals surface area contributed by atoms with Crippen LogP contribution in [0.25, 0.3) is 10.8 Å². The first-order valence-corrected chi connectivity index (χ1v) is 8.35. The number of halogens is 1. The largest absolute Gasteiger partial charge is 0.326 e. The van der Waals surface area contributed by atoms with Crippen LogP contribution >= 0.6 is 15.9 Å². The third-order valence-corrected chi connectivity index (χ3v) is 4.52. The molecule has 3 rings (SSSR count). The summed E-state index contributed by atoms with van der Waals surface area (Å²) in [4.78, 5) is 0. The van der Waals surface area contributed by atoms with Crippen molar-refractivity contribution in [1.29, 1.82) is 5.41 Å². The number of hydrogen-bond donors (Lipinski definition) is 3. The van der Waals surface area contributed by atoms with Crippen LogP contribution in [0, 0.1) is 5.41 Å². The molecule has 0 fully saturated rings. The highest BCUT2D eigenvalue weighted by molar-refractivity contribution is 9.10. The van der Waals surface area contributed by atoms with Gasteiger partial charge in [-0.05, 0) is 41.6 Å². The van der Waals surface area contributed by atoms with Crippen molar-refractivity contribution in [3.05, 3.63) is 70.7 Å². The maximum atomic E-state index is 8.19. The van der Waals surface area contributed by atoms with Gasteiger partial charge in [-0.3, -0.25) is 5.41 Å².